The maximum Gasteiger partial charge on any atom is 0.174 e. The molecular weight excluding hydrogens is 404 g/mol. The summed E-state index contributed by atoms with van der Waals surface area (Å²) < 4.78 is 0.858. The van der Waals surface area contributed by atoms with Gasteiger partial charge in [-0.2, -0.15) is 0 Å². The maximum absolute atomic E-state index is 13.0. The Hall–Kier alpha value is -2.85. The highest BCUT2D eigenvalue weighted by Crippen LogP contribution is 2.21. The fourth-order valence-corrected chi connectivity index (χ4v) is 3.12. The Morgan fingerprint density at radius 3 is 1.52 bits per heavy atom. The number of halogens is 1. The van der Waals surface area contributed by atoms with E-state index in [0.717, 1.165) is 4.47 Å². The molecule has 0 saturated carbocycles. The number of ketones is 3. The number of hydrogen-bond acceptors (Lipinski definition) is 3. The topological polar surface area (TPSA) is 51.2 Å². The van der Waals surface area contributed by atoms with Gasteiger partial charge in [0.1, 0.15) is 0 Å². The Labute approximate surface area is 166 Å². The quantitative estimate of drug-likeness (QED) is 0.379. The second kappa shape index (κ2) is 8.69. The number of carbonyl (C=O) groups is 3. The van der Waals surface area contributed by atoms with Crippen molar-refractivity contribution in [2.45, 2.75) is 6.42 Å². The van der Waals surface area contributed by atoms with Gasteiger partial charge in [0.05, 0.1) is 5.92 Å². The monoisotopic (exact) mass is 420 g/mol. The average molecular weight is 421 g/mol. The van der Waals surface area contributed by atoms with E-state index in [1.54, 1.807) is 84.9 Å². The van der Waals surface area contributed by atoms with E-state index in [1.165, 1.54) is 0 Å². The predicted octanol–water partition coefficient (Wildman–Crippen LogP) is 5.40. The van der Waals surface area contributed by atoms with Crippen LogP contribution >= 0.6 is 15.9 Å². The third-order valence-corrected chi connectivity index (χ3v) is 4.83. The van der Waals surface area contributed by atoms with Crippen LogP contribution in [-0.2, 0) is 0 Å². The van der Waals surface area contributed by atoms with Crippen molar-refractivity contribution in [3.63, 3.8) is 0 Å². The summed E-state index contributed by atoms with van der Waals surface area (Å²) in [6, 6.07) is 24.1. The lowest BCUT2D eigenvalue weighted by molar-refractivity contribution is 0.0760. The van der Waals surface area contributed by atoms with Gasteiger partial charge in [-0.25, -0.2) is 0 Å². The van der Waals surface area contributed by atoms with Gasteiger partial charge in [0.15, 0.2) is 17.3 Å². The molecule has 4 heteroatoms. The third kappa shape index (κ3) is 4.66. The molecule has 0 aliphatic carbocycles. The summed E-state index contributed by atoms with van der Waals surface area (Å²) in [6.45, 7) is 0. The number of benzene rings is 3. The van der Waals surface area contributed by atoms with Gasteiger partial charge in [0.25, 0.3) is 0 Å². The van der Waals surface area contributed by atoms with E-state index in [-0.39, 0.29) is 23.8 Å². The molecule has 3 aromatic rings. The number of Topliss-reactive ketones (excluding diaryl/α,β-unsaturated/α-hetero) is 3. The lowest BCUT2D eigenvalue weighted by Crippen LogP contribution is -2.27. The smallest absolute Gasteiger partial charge is 0.174 e. The van der Waals surface area contributed by atoms with E-state index in [2.05, 4.69) is 15.9 Å². The molecular formula is C23H17BrO3. The van der Waals surface area contributed by atoms with Gasteiger partial charge in [0.2, 0.25) is 0 Å². The number of hydrogen-bond donors (Lipinski definition) is 0. The molecule has 0 fully saturated rings. The van der Waals surface area contributed by atoms with Crippen molar-refractivity contribution in [2.24, 2.45) is 5.92 Å². The normalized spacial score (nSPS) is 10.6. The van der Waals surface area contributed by atoms with Gasteiger partial charge in [-0.05, 0) is 12.1 Å². The second-order valence-corrected chi connectivity index (χ2v) is 7.06. The van der Waals surface area contributed by atoms with E-state index < -0.39 is 5.92 Å². The molecule has 134 valence electrons. The molecule has 0 spiro atoms. The molecule has 0 aromatic heterocycles. The van der Waals surface area contributed by atoms with Crippen molar-refractivity contribution in [3.05, 3.63) is 106 Å². The number of carbonyl (C=O) groups excluding carboxylic acids is 3. The zero-order valence-corrected chi connectivity index (χ0v) is 16.1. The highest BCUT2D eigenvalue weighted by Gasteiger charge is 2.31. The Bertz CT molecular complexity index is 896. The molecule has 0 aliphatic rings. The van der Waals surface area contributed by atoms with Gasteiger partial charge in [-0.15, -0.1) is 0 Å². The van der Waals surface area contributed by atoms with Gasteiger partial charge < -0.3 is 0 Å². The SMILES string of the molecule is O=C(CC(C(=O)c1ccccc1)C(=O)c1ccccc1)c1ccc(Br)cc1. The zero-order valence-electron chi connectivity index (χ0n) is 14.5. The molecule has 0 aliphatic heterocycles. The minimum absolute atomic E-state index is 0.164. The first kappa shape index (κ1) is 18.9. The molecule has 27 heavy (non-hydrogen) atoms. The van der Waals surface area contributed by atoms with Crippen molar-refractivity contribution in [2.75, 3.05) is 0 Å². The minimum atomic E-state index is -1.05. The Balaban J connectivity index is 1.92. The Kier molecular flexibility index (Phi) is 6.09. The first-order chi connectivity index (χ1) is 13.1. The van der Waals surface area contributed by atoms with Gasteiger partial charge >= 0.3 is 0 Å². The minimum Gasteiger partial charge on any atom is -0.294 e. The molecule has 0 unspecified atom stereocenters. The van der Waals surface area contributed by atoms with E-state index >= 15 is 0 Å². The molecule has 0 atom stereocenters. The third-order valence-electron chi connectivity index (χ3n) is 4.31. The van der Waals surface area contributed by atoms with Crippen molar-refractivity contribution in [3.8, 4) is 0 Å². The molecule has 0 N–H and O–H groups in total. The molecule has 0 bridgehead atoms. The van der Waals surface area contributed by atoms with Crippen LogP contribution in [0.15, 0.2) is 89.4 Å². The average Bonchev–Trinajstić information content (AvgIpc) is 2.72. The summed E-state index contributed by atoms with van der Waals surface area (Å²) in [7, 11) is 0. The summed E-state index contributed by atoms with van der Waals surface area (Å²) in [5.41, 5.74) is 1.33. The first-order valence-electron chi connectivity index (χ1n) is 8.53. The summed E-state index contributed by atoms with van der Waals surface area (Å²) in [5, 5.41) is 0. The summed E-state index contributed by atoms with van der Waals surface area (Å²) in [4.78, 5) is 38.7. The second-order valence-electron chi connectivity index (χ2n) is 6.15. The molecule has 3 rings (SSSR count). The van der Waals surface area contributed by atoms with Crippen LogP contribution in [0.4, 0.5) is 0 Å². The van der Waals surface area contributed by atoms with Crippen molar-refractivity contribution in [1.29, 1.82) is 0 Å². The van der Waals surface area contributed by atoms with E-state index in [0.29, 0.717) is 16.7 Å². The van der Waals surface area contributed by atoms with Crippen molar-refractivity contribution < 1.29 is 14.4 Å². The standard InChI is InChI=1S/C23H17BrO3/c24-19-13-11-16(12-14-19)21(25)15-20(22(26)17-7-3-1-4-8-17)23(27)18-9-5-2-6-10-18/h1-14,20H,15H2. The maximum atomic E-state index is 13.0. The number of rotatable bonds is 7. The van der Waals surface area contributed by atoms with Crippen molar-refractivity contribution in [1.82, 2.24) is 0 Å². The summed E-state index contributed by atoms with van der Waals surface area (Å²) >= 11 is 3.33. The molecule has 0 saturated heterocycles. The van der Waals surface area contributed by atoms with Crippen LogP contribution in [0, 0.1) is 5.92 Å². The summed E-state index contributed by atoms with van der Waals surface area (Å²) in [5.74, 6) is -1.96. The molecule has 0 radical (unpaired) electrons. The van der Waals surface area contributed by atoms with Crippen LogP contribution in [0.1, 0.15) is 37.5 Å². The fraction of sp³-hybridized carbons (Fsp3) is 0.0870. The highest BCUT2D eigenvalue weighted by molar-refractivity contribution is 9.10. The van der Waals surface area contributed by atoms with Crippen LogP contribution in [0.3, 0.4) is 0 Å². The predicted molar refractivity (Wildman–Crippen MR) is 108 cm³/mol. The van der Waals surface area contributed by atoms with Crippen LogP contribution in [0.2, 0.25) is 0 Å². The van der Waals surface area contributed by atoms with Gasteiger partial charge in [-0.3, -0.25) is 14.4 Å². The van der Waals surface area contributed by atoms with E-state index in [1.807, 2.05) is 0 Å². The van der Waals surface area contributed by atoms with Crippen molar-refractivity contribution >= 4 is 33.3 Å². The summed E-state index contributed by atoms with van der Waals surface area (Å²) in [6.07, 6.45) is -0.164. The van der Waals surface area contributed by atoms with Gasteiger partial charge in [0, 0.05) is 27.6 Å². The van der Waals surface area contributed by atoms with Gasteiger partial charge in [-0.1, -0.05) is 88.7 Å². The lowest BCUT2D eigenvalue weighted by atomic mass is 9.85. The molecule has 3 nitrogen and oxygen atoms in total. The molecule has 0 amide bonds. The van der Waals surface area contributed by atoms with E-state index in [4.69, 9.17) is 0 Å². The Morgan fingerprint density at radius 2 is 1.07 bits per heavy atom. The first-order valence-corrected chi connectivity index (χ1v) is 9.33. The molecule has 3 aromatic carbocycles. The van der Waals surface area contributed by atoms with Crippen LogP contribution in [-0.4, -0.2) is 17.3 Å². The lowest BCUT2D eigenvalue weighted by Gasteiger charge is -2.15. The highest BCUT2D eigenvalue weighted by atomic mass is 79.9. The van der Waals surface area contributed by atoms with Crippen LogP contribution in [0.25, 0.3) is 0 Å². The van der Waals surface area contributed by atoms with Crippen LogP contribution < -0.4 is 0 Å². The van der Waals surface area contributed by atoms with Crippen LogP contribution in [0.5, 0.6) is 0 Å². The zero-order chi connectivity index (χ0) is 19.2. The van der Waals surface area contributed by atoms with E-state index in [9.17, 15) is 14.4 Å². The molecule has 0 heterocycles. The Morgan fingerprint density at radius 1 is 0.630 bits per heavy atom. The largest absolute Gasteiger partial charge is 0.294 e. The fourth-order valence-electron chi connectivity index (χ4n) is 2.85.